The van der Waals surface area contributed by atoms with Crippen LogP contribution in [-0.4, -0.2) is 26.9 Å². The highest BCUT2D eigenvalue weighted by Gasteiger charge is 2.05. The van der Waals surface area contributed by atoms with Crippen molar-refractivity contribution in [3.8, 4) is 23.0 Å². The predicted octanol–water partition coefficient (Wildman–Crippen LogP) is 3.13. The molecule has 22 heavy (non-hydrogen) atoms. The first-order chi connectivity index (χ1) is 10.7. The lowest BCUT2D eigenvalue weighted by atomic mass is 10.3. The standard InChI is InChI=1S/C17H21NO4/c1-3-20-16-6-4-5-7-17(16)22-11-10-21-15-9-8-13(19-2)12-14(15)18/h4-9,12H,3,10-11,18H2,1-2H3. The highest BCUT2D eigenvalue weighted by atomic mass is 16.5. The van der Waals surface area contributed by atoms with E-state index in [2.05, 4.69) is 0 Å². The van der Waals surface area contributed by atoms with Gasteiger partial charge in [-0.1, -0.05) is 12.1 Å². The molecule has 0 aliphatic carbocycles. The molecule has 2 rings (SSSR count). The third-order valence-corrected chi connectivity index (χ3v) is 2.96. The molecule has 0 aromatic heterocycles. The molecule has 0 aliphatic heterocycles. The van der Waals surface area contributed by atoms with Gasteiger partial charge in [0.15, 0.2) is 11.5 Å². The van der Waals surface area contributed by atoms with E-state index in [1.54, 1.807) is 25.3 Å². The van der Waals surface area contributed by atoms with Crippen molar-refractivity contribution in [2.24, 2.45) is 0 Å². The number of rotatable bonds is 8. The second kappa shape index (κ2) is 8.02. The highest BCUT2D eigenvalue weighted by Crippen LogP contribution is 2.27. The van der Waals surface area contributed by atoms with Gasteiger partial charge in [-0.05, 0) is 31.2 Å². The smallest absolute Gasteiger partial charge is 0.161 e. The molecule has 0 atom stereocenters. The van der Waals surface area contributed by atoms with E-state index in [9.17, 15) is 0 Å². The molecule has 2 N–H and O–H groups in total. The molecule has 0 unspecified atom stereocenters. The van der Waals surface area contributed by atoms with Crippen molar-refractivity contribution in [1.82, 2.24) is 0 Å². The molecule has 0 radical (unpaired) electrons. The Balaban J connectivity index is 1.85. The Bertz CT molecular complexity index is 601. The summed E-state index contributed by atoms with van der Waals surface area (Å²) in [6, 6.07) is 12.9. The molecule has 0 amide bonds. The maximum atomic E-state index is 5.89. The Morgan fingerprint density at radius 1 is 0.864 bits per heavy atom. The van der Waals surface area contributed by atoms with Crippen LogP contribution >= 0.6 is 0 Å². The molecule has 2 aromatic rings. The Morgan fingerprint density at radius 3 is 2.09 bits per heavy atom. The van der Waals surface area contributed by atoms with Crippen LogP contribution < -0.4 is 24.7 Å². The van der Waals surface area contributed by atoms with E-state index in [0.717, 1.165) is 5.75 Å². The summed E-state index contributed by atoms with van der Waals surface area (Å²) in [5.74, 6) is 2.75. The molecule has 0 heterocycles. The van der Waals surface area contributed by atoms with Gasteiger partial charge in [0.25, 0.3) is 0 Å². The van der Waals surface area contributed by atoms with Gasteiger partial charge in [0, 0.05) is 6.07 Å². The quantitative estimate of drug-likeness (QED) is 0.599. The van der Waals surface area contributed by atoms with Gasteiger partial charge in [0.2, 0.25) is 0 Å². The molecule has 0 saturated heterocycles. The molecule has 2 aromatic carbocycles. The van der Waals surface area contributed by atoms with E-state index in [1.807, 2.05) is 31.2 Å². The molecular weight excluding hydrogens is 282 g/mol. The second-order valence-electron chi connectivity index (χ2n) is 4.48. The van der Waals surface area contributed by atoms with Crippen molar-refractivity contribution in [3.63, 3.8) is 0 Å². The first-order valence-electron chi connectivity index (χ1n) is 7.15. The maximum Gasteiger partial charge on any atom is 0.161 e. The summed E-state index contributed by atoms with van der Waals surface area (Å²) >= 11 is 0. The number of anilines is 1. The van der Waals surface area contributed by atoms with Crippen molar-refractivity contribution >= 4 is 5.69 Å². The number of para-hydroxylation sites is 2. The Kier molecular flexibility index (Phi) is 5.77. The number of benzene rings is 2. The minimum atomic E-state index is 0.386. The van der Waals surface area contributed by atoms with Crippen molar-refractivity contribution in [3.05, 3.63) is 42.5 Å². The fourth-order valence-electron chi connectivity index (χ4n) is 1.93. The zero-order valence-corrected chi connectivity index (χ0v) is 12.9. The van der Waals surface area contributed by atoms with Crippen LogP contribution in [0.3, 0.4) is 0 Å². The Morgan fingerprint density at radius 2 is 1.50 bits per heavy atom. The first kappa shape index (κ1) is 15.8. The van der Waals surface area contributed by atoms with E-state index in [0.29, 0.717) is 42.8 Å². The lowest BCUT2D eigenvalue weighted by Gasteiger charge is -2.13. The van der Waals surface area contributed by atoms with Gasteiger partial charge in [-0.25, -0.2) is 0 Å². The van der Waals surface area contributed by atoms with Gasteiger partial charge in [-0.15, -0.1) is 0 Å². The Labute approximate surface area is 130 Å². The fourth-order valence-corrected chi connectivity index (χ4v) is 1.93. The molecule has 0 aliphatic rings. The summed E-state index contributed by atoms with van der Waals surface area (Å²) < 4.78 is 21.9. The van der Waals surface area contributed by atoms with E-state index < -0.39 is 0 Å². The summed E-state index contributed by atoms with van der Waals surface area (Å²) in [5, 5.41) is 0. The van der Waals surface area contributed by atoms with Crippen LogP contribution in [0.15, 0.2) is 42.5 Å². The van der Waals surface area contributed by atoms with Crippen LogP contribution in [0, 0.1) is 0 Å². The lowest BCUT2D eigenvalue weighted by Crippen LogP contribution is -2.10. The van der Waals surface area contributed by atoms with Crippen LogP contribution in [0.4, 0.5) is 5.69 Å². The third-order valence-electron chi connectivity index (χ3n) is 2.96. The summed E-state index contributed by atoms with van der Waals surface area (Å²) in [6.45, 7) is 3.32. The lowest BCUT2D eigenvalue weighted by molar-refractivity contribution is 0.209. The van der Waals surface area contributed by atoms with Gasteiger partial charge in [-0.2, -0.15) is 0 Å². The molecule has 118 valence electrons. The summed E-state index contributed by atoms with van der Waals surface area (Å²) in [7, 11) is 1.60. The normalized spacial score (nSPS) is 10.1. The molecule has 0 spiro atoms. The van der Waals surface area contributed by atoms with Gasteiger partial charge in [0.1, 0.15) is 24.7 Å². The fraction of sp³-hybridized carbons (Fsp3) is 0.294. The van der Waals surface area contributed by atoms with Crippen molar-refractivity contribution in [2.75, 3.05) is 32.7 Å². The first-order valence-corrected chi connectivity index (χ1v) is 7.15. The van der Waals surface area contributed by atoms with Gasteiger partial charge >= 0.3 is 0 Å². The number of nitrogen functional groups attached to an aromatic ring is 1. The number of ether oxygens (including phenoxy) is 4. The van der Waals surface area contributed by atoms with E-state index in [4.69, 9.17) is 24.7 Å². The minimum absolute atomic E-state index is 0.386. The van der Waals surface area contributed by atoms with Crippen molar-refractivity contribution in [1.29, 1.82) is 0 Å². The molecule has 5 nitrogen and oxygen atoms in total. The van der Waals surface area contributed by atoms with Gasteiger partial charge in [0.05, 0.1) is 19.4 Å². The number of nitrogens with two attached hydrogens (primary N) is 1. The molecule has 0 fully saturated rings. The molecular formula is C17H21NO4. The largest absolute Gasteiger partial charge is 0.497 e. The van der Waals surface area contributed by atoms with Crippen molar-refractivity contribution in [2.45, 2.75) is 6.92 Å². The Hall–Kier alpha value is -2.56. The van der Waals surface area contributed by atoms with E-state index in [1.165, 1.54) is 0 Å². The summed E-state index contributed by atoms with van der Waals surface area (Å²) in [5.41, 5.74) is 6.42. The van der Waals surface area contributed by atoms with Crippen LogP contribution in [0.1, 0.15) is 6.92 Å². The molecule has 5 heteroatoms. The van der Waals surface area contributed by atoms with E-state index >= 15 is 0 Å². The predicted molar refractivity (Wildman–Crippen MR) is 86.0 cm³/mol. The summed E-state index contributed by atoms with van der Waals surface area (Å²) in [4.78, 5) is 0. The van der Waals surface area contributed by atoms with Crippen LogP contribution in [0.5, 0.6) is 23.0 Å². The monoisotopic (exact) mass is 303 g/mol. The third kappa shape index (κ3) is 4.22. The zero-order valence-electron chi connectivity index (χ0n) is 12.9. The van der Waals surface area contributed by atoms with Gasteiger partial charge in [-0.3, -0.25) is 0 Å². The van der Waals surface area contributed by atoms with Crippen LogP contribution in [0.2, 0.25) is 0 Å². The minimum Gasteiger partial charge on any atom is -0.497 e. The number of hydrogen-bond acceptors (Lipinski definition) is 5. The van der Waals surface area contributed by atoms with E-state index in [-0.39, 0.29) is 0 Å². The SMILES string of the molecule is CCOc1ccccc1OCCOc1ccc(OC)cc1N. The number of methoxy groups -OCH3 is 1. The van der Waals surface area contributed by atoms with Crippen molar-refractivity contribution < 1.29 is 18.9 Å². The summed E-state index contributed by atoms with van der Waals surface area (Å²) in [6.07, 6.45) is 0. The second-order valence-corrected chi connectivity index (χ2v) is 4.48. The highest BCUT2D eigenvalue weighted by molar-refractivity contribution is 5.56. The van der Waals surface area contributed by atoms with Crippen LogP contribution in [0.25, 0.3) is 0 Å². The maximum absolute atomic E-state index is 5.89. The molecule has 0 bridgehead atoms. The topological polar surface area (TPSA) is 62.9 Å². The number of hydrogen-bond donors (Lipinski definition) is 1. The average Bonchev–Trinajstić information content (AvgIpc) is 2.54. The van der Waals surface area contributed by atoms with Gasteiger partial charge < -0.3 is 24.7 Å². The average molecular weight is 303 g/mol. The molecule has 0 saturated carbocycles. The zero-order chi connectivity index (χ0) is 15.8. The van der Waals surface area contributed by atoms with Crippen LogP contribution in [-0.2, 0) is 0 Å².